The van der Waals surface area contributed by atoms with Crippen molar-refractivity contribution in [3.63, 3.8) is 0 Å². The lowest BCUT2D eigenvalue weighted by Gasteiger charge is -2.00. The van der Waals surface area contributed by atoms with Crippen molar-refractivity contribution >= 4 is 8.73 Å². The van der Waals surface area contributed by atoms with E-state index in [-0.39, 0.29) is 0 Å². The fourth-order valence-electron chi connectivity index (χ4n) is 0.365. The van der Waals surface area contributed by atoms with Crippen LogP contribution in [0.5, 0.6) is 0 Å². The van der Waals surface area contributed by atoms with Gasteiger partial charge in [-0.3, -0.25) is 5.21 Å². The average molecular weight is 106 g/mol. The van der Waals surface area contributed by atoms with Gasteiger partial charge in [0, 0.05) is 6.54 Å². The van der Waals surface area contributed by atoms with E-state index in [0.29, 0.717) is 8.73 Å². The van der Waals surface area contributed by atoms with Gasteiger partial charge in [0.15, 0.2) is 0 Å². The molecule has 1 aliphatic rings. The van der Waals surface area contributed by atoms with Gasteiger partial charge >= 0.3 is 0 Å². The number of hydroxylamine groups is 1. The highest BCUT2D eigenvalue weighted by Gasteiger charge is 2.04. The van der Waals surface area contributed by atoms with Crippen LogP contribution in [-0.4, -0.2) is 23.1 Å². The minimum absolute atomic E-state index is 0.715. The van der Waals surface area contributed by atoms with Gasteiger partial charge in [-0.05, 0) is 14.9 Å². The third kappa shape index (κ3) is 0.884. The van der Waals surface area contributed by atoms with Crippen molar-refractivity contribution in [1.82, 2.24) is 10.4 Å². The molecule has 0 aromatic rings. The number of hydrazine groups is 1. The van der Waals surface area contributed by atoms with Gasteiger partial charge < -0.3 is 0 Å². The Morgan fingerprint density at radius 2 is 2.67 bits per heavy atom. The van der Waals surface area contributed by atoms with E-state index in [2.05, 4.69) is 5.20 Å². The summed E-state index contributed by atoms with van der Waals surface area (Å²) in [4.78, 5) is 0. The van der Waals surface area contributed by atoms with Gasteiger partial charge in [0.05, 0.1) is 0 Å². The Kier molecular flexibility index (Phi) is 1.37. The molecular formula is C2H7N2OP. The zero-order valence-corrected chi connectivity index (χ0v) is 4.31. The Hall–Kier alpha value is 0.310. The second-order valence-corrected chi connectivity index (χ2v) is 2.24. The largest absolute Gasteiger partial charge is 0.299 e. The van der Waals surface area contributed by atoms with E-state index in [1.807, 2.05) is 0 Å². The number of hydrogen-bond donors (Lipinski definition) is 2. The summed E-state index contributed by atoms with van der Waals surface area (Å²) in [5.41, 5.74) is 0. The molecule has 36 valence electrons. The molecule has 1 atom stereocenters. The molecule has 0 amide bonds. The Bertz CT molecular complexity index is 44.8. The molecule has 0 aromatic heterocycles. The van der Waals surface area contributed by atoms with E-state index in [9.17, 15) is 0 Å². The maximum atomic E-state index is 8.46. The van der Waals surface area contributed by atoms with Crippen LogP contribution in [0.1, 0.15) is 0 Å². The number of hydrogen-bond acceptors (Lipinski definition) is 3. The lowest BCUT2D eigenvalue weighted by Crippen LogP contribution is -2.22. The lowest BCUT2D eigenvalue weighted by atomic mass is 10.8. The highest BCUT2D eigenvalue weighted by atomic mass is 31.1. The Balaban J connectivity index is 2.18. The Morgan fingerprint density at radius 3 is 2.83 bits per heavy atom. The molecule has 0 spiro atoms. The number of nitrogens with zero attached hydrogens (tertiary/aromatic N) is 1. The predicted octanol–water partition coefficient (Wildman–Crippen LogP) is -0.211. The number of nitrogens with one attached hydrogen (secondary N) is 1. The van der Waals surface area contributed by atoms with Gasteiger partial charge in [-0.25, -0.2) is 5.20 Å². The van der Waals surface area contributed by atoms with Crippen LogP contribution in [-0.2, 0) is 0 Å². The van der Waals surface area contributed by atoms with Crippen LogP contribution < -0.4 is 5.20 Å². The zero-order chi connectivity index (χ0) is 4.41. The molecule has 1 rings (SSSR count). The quantitative estimate of drug-likeness (QED) is 0.419. The molecular weight excluding hydrogens is 99.0 g/mol. The van der Waals surface area contributed by atoms with Gasteiger partial charge in [-0.1, -0.05) is 0 Å². The van der Waals surface area contributed by atoms with Crippen LogP contribution in [0.3, 0.4) is 0 Å². The summed E-state index contributed by atoms with van der Waals surface area (Å²) < 4.78 is 0. The second kappa shape index (κ2) is 1.85. The van der Waals surface area contributed by atoms with Crippen LogP contribution in [0.25, 0.3) is 0 Å². The van der Waals surface area contributed by atoms with Gasteiger partial charge in [-0.2, -0.15) is 0 Å². The smallest absolute Gasteiger partial charge is 0.0451 e. The van der Waals surface area contributed by atoms with Gasteiger partial charge in [0.1, 0.15) is 0 Å². The van der Waals surface area contributed by atoms with Crippen LogP contribution in [0.15, 0.2) is 0 Å². The van der Waals surface area contributed by atoms with E-state index in [1.165, 1.54) is 0 Å². The normalized spacial score (nSPS) is 29.5. The minimum atomic E-state index is 0.715. The molecule has 6 heavy (non-hydrogen) atoms. The summed E-state index contributed by atoms with van der Waals surface area (Å²) in [6.45, 7) is 0.776. The summed E-state index contributed by atoms with van der Waals surface area (Å²) >= 11 is 0. The third-order valence-electron chi connectivity index (χ3n) is 0.657. The summed E-state index contributed by atoms with van der Waals surface area (Å²) in [5.74, 6) is 0. The molecule has 0 aromatic carbocycles. The van der Waals surface area contributed by atoms with Gasteiger partial charge in [0.2, 0.25) is 0 Å². The number of rotatable bonds is 0. The molecule has 4 heteroatoms. The van der Waals surface area contributed by atoms with Crippen LogP contribution >= 0.6 is 8.73 Å². The van der Waals surface area contributed by atoms with Crippen molar-refractivity contribution in [2.75, 3.05) is 12.7 Å². The minimum Gasteiger partial charge on any atom is -0.299 e. The highest BCUT2D eigenvalue weighted by molar-refractivity contribution is 7.35. The summed E-state index contributed by atoms with van der Waals surface area (Å²) in [7, 11) is 0.715. The molecule has 1 heterocycles. The highest BCUT2D eigenvalue weighted by Crippen LogP contribution is 2.09. The van der Waals surface area contributed by atoms with Crippen molar-refractivity contribution in [3.8, 4) is 0 Å². The molecule has 0 bridgehead atoms. The van der Waals surface area contributed by atoms with Crippen molar-refractivity contribution in [2.24, 2.45) is 0 Å². The maximum absolute atomic E-state index is 8.46. The summed E-state index contributed by atoms with van der Waals surface area (Å²) in [6, 6.07) is 0. The SMILES string of the molecule is ON1CCPN1. The summed E-state index contributed by atoms with van der Waals surface area (Å²) in [6.07, 6.45) is 1.08. The van der Waals surface area contributed by atoms with Crippen LogP contribution in [0.4, 0.5) is 0 Å². The third-order valence-corrected chi connectivity index (χ3v) is 1.55. The van der Waals surface area contributed by atoms with E-state index in [0.717, 1.165) is 17.9 Å². The summed E-state index contributed by atoms with van der Waals surface area (Å²) in [5, 5.41) is 12.3. The maximum Gasteiger partial charge on any atom is 0.0451 e. The molecule has 3 nitrogen and oxygen atoms in total. The van der Waals surface area contributed by atoms with E-state index < -0.39 is 0 Å². The molecule has 1 unspecified atom stereocenters. The monoisotopic (exact) mass is 106 g/mol. The van der Waals surface area contributed by atoms with Gasteiger partial charge in [-0.15, -0.1) is 5.17 Å². The molecule has 2 N–H and O–H groups in total. The first-order chi connectivity index (χ1) is 2.89. The fourth-order valence-corrected chi connectivity index (χ4v) is 1.09. The Morgan fingerprint density at radius 1 is 1.83 bits per heavy atom. The van der Waals surface area contributed by atoms with Crippen molar-refractivity contribution < 1.29 is 5.21 Å². The first-order valence-corrected chi connectivity index (χ1v) is 3.05. The molecule has 0 saturated carbocycles. The molecule has 0 radical (unpaired) electrons. The average Bonchev–Trinajstić information content (AvgIpc) is 1.86. The van der Waals surface area contributed by atoms with Crippen LogP contribution in [0.2, 0.25) is 0 Å². The molecule has 1 saturated heterocycles. The van der Waals surface area contributed by atoms with E-state index in [4.69, 9.17) is 5.21 Å². The first-order valence-electron chi connectivity index (χ1n) is 1.84. The second-order valence-electron chi connectivity index (χ2n) is 1.16. The lowest BCUT2D eigenvalue weighted by molar-refractivity contribution is -0.0983. The molecule has 1 aliphatic heterocycles. The Labute approximate surface area is 38.1 Å². The topological polar surface area (TPSA) is 35.5 Å². The molecule has 0 aliphatic carbocycles. The first kappa shape index (κ1) is 4.47. The predicted molar refractivity (Wildman–Crippen MR) is 24.8 cm³/mol. The van der Waals surface area contributed by atoms with E-state index in [1.54, 1.807) is 0 Å². The van der Waals surface area contributed by atoms with Crippen molar-refractivity contribution in [2.45, 2.75) is 0 Å². The van der Waals surface area contributed by atoms with E-state index >= 15 is 0 Å². The van der Waals surface area contributed by atoms with Crippen molar-refractivity contribution in [3.05, 3.63) is 0 Å². The van der Waals surface area contributed by atoms with Gasteiger partial charge in [0.25, 0.3) is 0 Å². The standard InChI is InChI=1S/C2H7N2OP/c5-4-1-2-6-3-4/h3,5-6H,1-2H2. The van der Waals surface area contributed by atoms with Crippen molar-refractivity contribution in [1.29, 1.82) is 0 Å². The van der Waals surface area contributed by atoms with Crippen LogP contribution in [0, 0.1) is 0 Å². The molecule has 1 fully saturated rings. The fraction of sp³-hybridized carbons (Fsp3) is 1.00. The zero-order valence-electron chi connectivity index (χ0n) is 3.31.